The van der Waals surface area contributed by atoms with E-state index >= 15 is 0 Å². The Bertz CT molecular complexity index is 372. The minimum absolute atomic E-state index is 0.0232. The molecule has 0 saturated heterocycles. The summed E-state index contributed by atoms with van der Waals surface area (Å²) in [5.74, 6) is 0.203. The highest BCUT2D eigenvalue weighted by molar-refractivity contribution is 6.01. The molecule has 0 amide bonds. The molecule has 15 heavy (non-hydrogen) atoms. The van der Waals surface area contributed by atoms with E-state index < -0.39 is 0 Å². The summed E-state index contributed by atoms with van der Waals surface area (Å²) in [6.45, 7) is 1.98. The van der Waals surface area contributed by atoms with Gasteiger partial charge in [-0.1, -0.05) is 31.2 Å². The van der Waals surface area contributed by atoms with E-state index in [1.54, 1.807) is 36.4 Å². The zero-order chi connectivity index (χ0) is 11.1. The second-order valence-corrected chi connectivity index (χ2v) is 3.14. The quantitative estimate of drug-likeness (QED) is 0.762. The van der Waals surface area contributed by atoms with Crippen molar-refractivity contribution in [3.05, 3.63) is 48.1 Å². The highest BCUT2D eigenvalue weighted by Gasteiger charge is 1.90. The van der Waals surface area contributed by atoms with Crippen molar-refractivity contribution in [2.24, 2.45) is 0 Å². The molecule has 0 aromatic heterocycles. The summed E-state index contributed by atoms with van der Waals surface area (Å²) in [6.07, 6.45) is 7.47. The van der Waals surface area contributed by atoms with Gasteiger partial charge in [0, 0.05) is 0 Å². The standard InChI is InChI=1S/C13H14O2/c1-2-3-4-12(14)8-5-11-6-9-13(15)10-7-11/h3-10,15H,2H2,1H3. The molecule has 1 N–H and O–H groups in total. The third-order valence-corrected chi connectivity index (χ3v) is 1.85. The fraction of sp³-hybridized carbons (Fsp3) is 0.154. The van der Waals surface area contributed by atoms with E-state index in [0.29, 0.717) is 0 Å². The zero-order valence-corrected chi connectivity index (χ0v) is 8.68. The van der Waals surface area contributed by atoms with Crippen LogP contribution in [0.5, 0.6) is 5.75 Å². The van der Waals surface area contributed by atoms with Crippen molar-refractivity contribution in [2.75, 3.05) is 0 Å². The number of benzene rings is 1. The smallest absolute Gasteiger partial charge is 0.178 e. The average molecular weight is 202 g/mol. The molecule has 2 nitrogen and oxygen atoms in total. The lowest BCUT2D eigenvalue weighted by molar-refractivity contribution is -0.110. The van der Waals surface area contributed by atoms with Crippen LogP contribution >= 0.6 is 0 Å². The van der Waals surface area contributed by atoms with E-state index in [4.69, 9.17) is 5.11 Å². The first-order valence-electron chi connectivity index (χ1n) is 4.90. The van der Waals surface area contributed by atoms with E-state index in [2.05, 4.69) is 0 Å². The third kappa shape index (κ3) is 4.27. The normalized spacial score (nSPS) is 11.3. The molecular weight excluding hydrogens is 188 g/mol. The number of allylic oxidation sites excluding steroid dienone is 3. The van der Waals surface area contributed by atoms with Gasteiger partial charge in [0.15, 0.2) is 5.78 Å². The molecule has 0 aliphatic heterocycles. The molecule has 0 aliphatic rings. The molecule has 78 valence electrons. The molecule has 1 aromatic rings. The lowest BCUT2D eigenvalue weighted by Crippen LogP contribution is -1.84. The molecule has 1 rings (SSSR count). The molecule has 0 unspecified atom stereocenters. The van der Waals surface area contributed by atoms with Crippen LogP contribution in [0.1, 0.15) is 18.9 Å². The van der Waals surface area contributed by atoms with Crippen LogP contribution in [0.4, 0.5) is 0 Å². The van der Waals surface area contributed by atoms with E-state index in [1.807, 2.05) is 13.0 Å². The number of carbonyl (C=O) groups excluding carboxylic acids is 1. The van der Waals surface area contributed by atoms with Crippen molar-refractivity contribution < 1.29 is 9.90 Å². The Balaban J connectivity index is 2.61. The summed E-state index contributed by atoms with van der Waals surface area (Å²) >= 11 is 0. The molecule has 0 saturated carbocycles. The number of ketones is 1. The van der Waals surface area contributed by atoms with Gasteiger partial charge in [0.05, 0.1) is 0 Å². The number of carbonyl (C=O) groups is 1. The second kappa shape index (κ2) is 5.81. The van der Waals surface area contributed by atoms with E-state index in [-0.39, 0.29) is 11.5 Å². The van der Waals surface area contributed by atoms with Crippen LogP contribution in [-0.2, 0) is 4.79 Å². The first-order valence-corrected chi connectivity index (χ1v) is 4.90. The van der Waals surface area contributed by atoms with Crippen molar-refractivity contribution in [1.29, 1.82) is 0 Å². The molecular formula is C13H14O2. The van der Waals surface area contributed by atoms with Gasteiger partial charge < -0.3 is 5.11 Å². The monoisotopic (exact) mass is 202 g/mol. The van der Waals surface area contributed by atoms with E-state index in [0.717, 1.165) is 12.0 Å². The Kier molecular flexibility index (Phi) is 4.35. The van der Waals surface area contributed by atoms with E-state index in [9.17, 15) is 4.79 Å². The Morgan fingerprint density at radius 3 is 2.53 bits per heavy atom. The van der Waals surface area contributed by atoms with Gasteiger partial charge in [0.25, 0.3) is 0 Å². The van der Waals surface area contributed by atoms with Gasteiger partial charge in [0.2, 0.25) is 0 Å². The summed E-state index contributed by atoms with van der Waals surface area (Å²) in [4.78, 5) is 11.2. The number of aromatic hydroxyl groups is 1. The number of hydrogen-bond donors (Lipinski definition) is 1. The minimum atomic E-state index is -0.0232. The fourth-order valence-electron chi connectivity index (χ4n) is 1.05. The molecule has 2 heteroatoms. The molecule has 0 atom stereocenters. The first-order chi connectivity index (χ1) is 7.22. The maximum Gasteiger partial charge on any atom is 0.178 e. The Labute approximate surface area is 89.6 Å². The molecule has 0 bridgehead atoms. The predicted octanol–water partition coefficient (Wildman–Crippen LogP) is 2.94. The maximum absolute atomic E-state index is 11.2. The topological polar surface area (TPSA) is 37.3 Å². The molecule has 0 spiro atoms. The molecule has 0 heterocycles. The molecule has 0 fully saturated rings. The van der Waals surface area contributed by atoms with Gasteiger partial charge in [0.1, 0.15) is 5.75 Å². The van der Waals surface area contributed by atoms with Crippen LogP contribution in [-0.4, -0.2) is 10.9 Å². The fourth-order valence-corrected chi connectivity index (χ4v) is 1.05. The molecule has 0 radical (unpaired) electrons. The zero-order valence-electron chi connectivity index (χ0n) is 8.68. The number of hydrogen-bond acceptors (Lipinski definition) is 2. The minimum Gasteiger partial charge on any atom is -0.508 e. The van der Waals surface area contributed by atoms with Crippen molar-refractivity contribution in [2.45, 2.75) is 13.3 Å². The van der Waals surface area contributed by atoms with Crippen LogP contribution < -0.4 is 0 Å². The lowest BCUT2D eigenvalue weighted by atomic mass is 10.2. The Hall–Kier alpha value is -1.83. The van der Waals surface area contributed by atoms with Gasteiger partial charge in [-0.2, -0.15) is 0 Å². The lowest BCUT2D eigenvalue weighted by Gasteiger charge is -1.92. The largest absolute Gasteiger partial charge is 0.508 e. The second-order valence-electron chi connectivity index (χ2n) is 3.14. The Morgan fingerprint density at radius 1 is 1.27 bits per heavy atom. The maximum atomic E-state index is 11.2. The van der Waals surface area contributed by atoms with Gasteiger partial charge in [-0.05, 0) is 36.3 Å². The van der Waals surface area contributed by atoms with Gasteiger partial charge in [-0.25, -0.2) is 0 Å². The highest BCUT2D eigenvalue weighted by atomic mass is 16.3. The highest BCUT2D eigenvalue weighted by Crippen LogP contribution is 2.10. The van der Waals surface area contributed by atoms with Crippen LogP contribution in [0.3, 0.4) is 0 Å². The summed E-state index contributed by atoms with van der Waals surface area (Å²) in [7, 11) is 0. The van der Waals surface area contributed by atoms with Gasteiger partial charge >= 0.3 is 0 Å². The summed E-state index contributed by atoms with van der Waals surface area (Å²) in [6, 6.07) is 6.68. The SMILES string of the molecule is CCC=CC(=O)C=Cc1ccc(O)cc1. The van der Waals surface area contributed by atoms with E-state index in [1.165, 1.54) is 6.08 Å². The van der Waals surface area contributed by atoms with Gasteiger partial charge in [-0.15, -0.1) is 0 Å². The summed E-state index contributed by atoms with van der Waals surface area (Å²) in [5.41, 5.74) is 0.894. The van der Waals surface area contributed by atoms with Gasteiger partial charge in [-0.3, -0.25) is 4.79 Å². The first kappa shape index (κ1) is 11.2. The summed E-state index contributed by atoms with van der Waals surface area (Å²) < 4.78 is 0. The predicted molar refractivity (Wildman–Crippen MR) is 61.6 cm³/mol. The number of phenols is 1. The van der Waals surface area contributed by atoms with Crippen molar-refractivity contribution in [3.8, 4) is 5.75 Å². The van der Waals surface area contributed by atoms with Crippen molar-refractivity contribution >= 4 is 11.9 Å². The number of phenolic OH excluding ortho intramolecular Hbond substituents is 1. The number of rotatable bonds is 4. The summed E-state index contributed by atoms with van der Waals surface area (Å²) in [5, 5.41) is 9.05. The Morgan fingerprint density at radius 2 is 1.93 bits per heavy atom. The van der Waals surface area contributed by atoms with Crippen LogP contribution in [0.25, 0.3) is 6.08 Å². The third-order valence-electron chi connectivity index (χ3n) is 1.85. The van der Waals surface area contributed by atoms with Crippen molar-refractivity contribution in [1.82, 2.24) is 0 Å². The van der Waals surface area contributed by atoms with Crippen LogP contribution in [0.15, 0.2) is 42.5 Å². The van der Waals surface area contributed by atoms with Crippen LogP contribution in [0.2, 0.25) is 0 Å². The molecule has 0 aliphatic carbocycles. The average Bonchev–Trinajstić information content (AvgIpc) is 2.25. The van der Waals surface area contributed by atoms with Crippen LogP contribution in [0, 0.1) is 0 Å². The van der Waals surface area contributed by atoms with Crippen molar-refractivity contribution in [3.63, 3.8) is 0 Å². The molecule has 1 aromatic carbocycles.